The molecule has 2 aromatic rings. The van der Waals surface area contributed by atoms with Gasteiger partial charge in [0.05, 0.1) is 12.5 Å². The number of esters is 1. The van der Waals surface area contributed by atoms with Gasteiger partial charge in [-0.3, -0.25) is 0 Å². The third-order valence-corrected chi connectivity index (χ3v) is 5.58. The number of aromatic hydroxyl groups is 1. The smallest absolute Gasteiger partial charge is 0.330 e. The minimum atomic E-state index is -0.430. The van der Waals surface area contributed by atoms with Crippen molar-refractivity contribution in [2.24, 2.45) is 0 Å². The first kappa shape index (κ1) is 20.0. The Kier molecular flexibility index (Phi) is 5.24. The van der Waals surface area contributed by atoms with E-state index in [1.807, 2.05) is 32.9 Å². The number of ether oxygens (including phenoxy) is 2. The van der Waals surface area contributed by atoms with Crippen LogP contribution in [0, 0.1) is 20.8 Å². The first-order valence-corrected chi connectivity index (χ1v) is 9.63. The Morgan fingerprint density at radius 2 is 1.79 bits per heavy atom. The molecule has 1 aliphatic heterocycles. The van der Waals surface area contributed by atoms with Crippen LogP contribution in [-0.2, 0) is 9.53 Å². The van der Waals surface area contributed by atoms with Crippen LogP contribution in [0.2, 0.25) is 0 Å². The highest BCUT2D eigenvalue weighted by atomic mass is 16.5. The first-order chi connectivity index (χ1) is 13.2. The molecule has 4 heteroatoms. The second kappa shape index (κ2) is 7.34. The fourth-order valence-electron chi connectivity index (χ4n) is 4.00. The number of hydrogen-bond acceptors (Lipinski definition) is 4. The number of fused-ring (bicyclic) bond motifs is 1. The van der Waals surface area contributed by atoms with Gasteiger partial charge in [0.25, 0.3) is 0 Å². The van der Waals surface area contributed by atoms with E-state index in [2.05, 4.69) is 26.0 Å². The van der Waals surface area contributed by atoms with Gasteiger partial charge in [-0.25, -0.2) is 4.79 Å². The summed E-state index contributed by atoms with van der Waals surface area (Å²) in [4.78, 5) is 11.5. The van der Waals surface area contributed by atoms with Crippen molar-refractivity contribution in [3.63, 3.8) is 0 Å². The highest BCUT2D eigenvalue weighted by Gasteiger charge is 2.44. The molecule has 0 amide bonds. The monoisotopic (exact) mass is 380 g/mol. The number of phenols is 1. The summed E-state index contributed by atoms with van der Waals surface area (Å²) in [5.74, 6) is 0.893. The zero-order chi connectivity index (χ0) is 20.6. The maximum Gasteiger partial charge on any atom is 0.330 e. The molecule has 0 saturated heterocycles. The molecule has 1 aliphatic rings. The van der Waals surface area contributed by atoms with Gasteiger partial charge in [0.1, 0.15) is 17.1 Å². The van der Waals surface area contributed by atoms with Crippen LogP contribution in [0.5, 0.6) is 11.5 Å². The second-order valence-corrected chi connectivity index (χ2v) is 7.86. The molecule has 0 fully saturated rings. The van der Waals surface area contributed by atoms with Crippen molar-refractivity contribution in [1.29, 1.82) is 0 Å². The number of hydrogen-bond donors (Lipinski definition) is 1. The molecule has 1 atom stereocenters. The van der Waals surface area contributed by atoms with Gasteiger partial charge in [0.15, 0.2) is 0 Å². The molecule has 3 rings (SSSR count). The van der Waals surface area contributed by atoms with Gasteiger partial charge >= 0.3 is 5.97 Å². The summed E-state index contributed by atoms with van der Waals surface area (Å²) in [6.45, 7) is 12.2. The molecule has 28 heavy (non-hydrogen) atoms. The molecule has 148 valence electrons. The molecule has 0 aliphatic carbocycles. The van der Waals surface area contributed by atoms with Crippen molar-refractivity contribution in [2.45, 2.75) is 53.1 Å². The van der Waals surface area contributed by atoms with Gasteiger partial charge in [0, 0.05) is 11.6 Å². The van der Waals surface area contributed by atoms with Crippen LogP contribution in [0.15, 0.2) is 30.3 Å². The standard InChI is InChI=1S/C24H28O4/c1-7-27-19(25)13-10-17-8-11-18(12-9-17)21-20-16(4)22(26)14(2)15(3)23(20)28-24(21,5)6/h8-13,21,26H,7H2,1-6H3/b13-10+. The molecule has 1 unspecified atom stereocenters. The summed E-state index contributed by atoms with van der Waals surface area (Å²) in [6, 6.07) is 8.08. The largest absolute Gasteiger partial charge is 0.507 e. The fourth-order valence-corrected chi connectivity index (χ4v) is 4.00. The predicted octanol–water partition coefficient (Wildman–Crippen LogP) is 5.20. The first-order valence-electron chi connectivity index (χ1n) is 9.63. The lowest BCUT2D eigenvalue weighted by molar-refractivity contribution is -0.137. The van der Waals surface area contributed by atoms with Crippen LogP contribution >= 0.6 is 0 Å². The normalized spacial score (nSPS) is 17.4. The summed E-state index contributed by atoms with van der Waals surface area (Å²) in [5, 5.41) is 10.6. The lowest BCUT2D eigenvalue weighted by Gasteiger charge is -2.27. The molecular formula is C24H28O4. The molecule has 2 aromatic carbocycles. The average molecular weight is 380 g/mol. The lowest BCUT2D eigenvalue weighted by atomic mass is 9.78. The number of benzene rings is 2. The summed E-state index contributed by atoms with van der Waals surface area (Å²) in [5.41, 5.74) is 5.40. The van der Waals surface area contributed by atoms with E-state index in [1.165, 1.54) is 6.08 Å². The minimum Gasteiger partial charge on any atom is -0.507 e. The second-order valence-electron chi connectivity index (χ2n) is 7.86. The van der Waals surface area contributed by atoms with Crippen molar-refractivity contribution < 1.29 is 19.4 Å². The van der Waals surface area contributed by atoms with Crippen LogP contribution in [0.1, 0.15) is 60.1 Å². The van der Waals surface area contributed by atoms with E-state index in [9.17, 15) is 9.90 Å². The highest BCUT2D eigenvalue weighted by molar-refractivity contribution is 5.87. The Hall–Kier alpha value is -2.75. The van der Waals surface area contributed by atoms with Crippen molar-refractivity contribution >= 4 is 12.0 Å². The van der Waals surface area contributed by atoms with Gasteiger partial charge in [-0.05, 0) is 75.4 Å². The van der Waals surface area contributed by atoms with Gasteiger partial charge in [-0.1, -0.05) is 24.3 Å². The average Bonchev–Trinajstić information content (AvgIpc) is 2.95. The van der Waals surface area contributed by atoms with Gasteiger partial charge < -0.3 is 14.6 Å². The van der Waals surface area contributed by atoms with E-state index in [0.29, 0.717) is 12.4 Å². The third-order valence-electron chi connectivity index (χ3n) is 5.58. The molecular weight excluding hydrogens is 352 g/mol. The fraction of sp³-hybridized carbons (Fsp3) is 0.375. The number of carbonyl (C=O) groups excluding carboxylic acids is 1. The molecule has 0 spiro atoms. The maximum absolute atomic E-state index is 11.5. The Bertz CT molecular complexity index is 936. The van der Waals surface area contributed by atoms with Crippen molar-refractivity contribution in [1.82, 2.24) is 0 Å². The van der Waals surface area contributed by atoms with Crippen molar-refractivity contribution in [2.75, 3.05) is 6.61 Å². The van der Waals surface area contributed by atoms with Gasteiger partial charge in [0.2, 0.25) is 0 Å². The molecule has 0 saturated carbocycles. The topological polar surface area (TPSA) is 55.8 Å². The Labute approximate surface area is 166 Å². The van der Waals surface area contributed by atoms with Crippen LogP contribution in [0.4, 0.5) is 0 Å². The zero-order valence-corrected chi connectivity index (χ0v) is 17.4. The van der Waals surface area contributed by atoms with E-state index >= 15 is 0 Å². The van der Waals surface area contributed by atoms with Crippen molar-refractivity contribution in [3.05, 3.63) is 63.7 Å². The van der Waals surface area contributed by atoms with E-state index in [4.69, 9.17) is 9.47 Å². The molecule has 0 radical (unpaired) electrons. The van der Waals surface area contributed by atoms with E-state index in [0.717, 1.165) is 39.1 Å². The Morgan fingerprint density at radius 3 is 2.39 bits per heavy atom. The molecule has 1 heterocycles. The maximum atomic E-state index is 11.5. The Morgan fingerprint density at radius 1 is 1.14 bits per heavy atom. The van der Waals surface area contributed by atoms with Gasteiger partial charge in [-0.2, -0.15) is 0 Å². The lowest BCUT2D eigenvalue weighted by Crippen LogP contribution is -2.31. The third kappa shape index (κ3) is 3.39. The predicted molar refractivity (Wildman–Crippen MR) is 111 cm³/mol. The van der Waals surface area contributed by atoms with Crippen LogP contribution in [0.3, 0.4) is 0 Å². The SMILES string of the molecule is CCOC(=O)/C=C/c1ccc(C2c3c(C)c(O)c(C)c(C)c3OC2(C)C)cc1. The quantitative estimate of drug-likeness (QED) is 0.585. The van der Waals surface area contributed by atoms with E-state index in [1.54, 1.807) is 13.0 Å². The van der Waals surface area contributed by atoms with Crippen LogP contribution < -0.4 is 4.74 Å². The summed E-state index contributed by atoms with van der Waals surface area (Å²) in [7, 11) is 0. The van der Waals surface area contributed by atoms with Crippen LogP contribution in [0.25, 0.3) is 6.08 Å². The summed E-state index contributed by atoms with van der Waals surface area (Å²) < 4.78 is 11.3. The summed E-state index contributed by atoms with van der Waals surface area (Å²) >= 11 is 0. The molecule has 0 aromatic heterocycles. The Balaban J connectivity index is 2.00. The van der Waals surface area contributed by atoms with E-state index < -0.39 is 5.60 Å². The zero-order valence-electron chi connectivity index (χ0n) is 17.4. The minimum absolute atomic E-state index is 0.00999. The number of rotatable bonds is 4. The molecule has 1 N–H and O–H groups in total. The molecule has 4 nitrogen and oxygen atoms in total. The van der Waals surface area contributed by atoms with Crippen LogP contribution in [-0.4, -0.2) is 23.3 Å². The number of carbonyl (C=O) groups is 1. The van der Waals surface area contributed by atoms with Gasteiger partial charge in [-0.15, -0.1) is 0 Å². The highest BCUT2D eigenvalue weighted by Crippen LogP contribution is 2.53. The van der Waals surface area contributed by atoms with Crippen molar-refractivity contribution in [3.8, 4) is 11.5 Å². The molecule has 0 bridgehead atoms. The van der Waals surface area contributed by atoms with E-state index in [-0.39, 0.29) is 11.9 Å². The number of phenolic OH excluding ortho intramolecular Hbond substituents is 1. The summed E-state index contributed by atoms with van der Waals surface area (Å²) in [6.07, 6.45) is 3.18.